The summed E-state index contributed by atoms with van der Waals surface area (Å²) in [6.45, 7) is 13.6. The summed E-state index contributed by atoms with van der Waals surface area (Å²) in [5.41, 5.74) is 5.70. The molecule has 44 heavy (non-hydrogen) atoms. The van der Waals surface area contributed by atoms with Crippen LogP contribution in [0.3, 0.4) is 0 Å². The van der Waals surface area contributed by atoms with Gasteiger partial charge in [-0.05, 0) is 48.8 Å². The SMILES string of the molecule is CC[C@@H]1C(Oc2cnc(C=CN)nc2CCCCC[C@@H]2CCCC2C)CN(C(=O)[C@@H](NC(=O)O)C(C)(C)C)[C@@H]1C(=O)C(C)C. The number of nitrogens with one attached hydrogen (secondary N) is 1. The molecule has 10 heteroatoms. The number of rotatable bonds is 14. The van der Waals surface area contributed by atoms with Gasteiger partial charge in [0.15, 0.2) is 17.4 Å². The lowest BCUT2D eigenvalue weighted by Gasteiger charge is -2.35. The molecule has 3 rings (SSSR count). The fourth-order valence-corrected chi connectivity index (χ4v) is 6.91. The van der Waals surface area contributed by atoms with Crippen LogP contribution in [-0.2, 0) is 16.0 Å². The molecule has 2 aliphatic rings. The van der Waals surface area contributed by atoms with Crippen molar-refractivity contribution in [3.63, 3.8) is 0 Å². The van der Waals surface area contributed by atoms with Crippen LogP contribution in [0.5, 0.6) is 5.75 Å². The maximum absolute atomic E-state index is 14.0. The first-order valence-electron chi connectivity index (χ1n) is 16.5. The topological polar surface area (TPSA) is 148 Å². The van der Waals surface area contributed by atoms with Gasteiger partial charge in [0.2, 0.25) is 5.91 Å². The molecule has 1 aliphatic carbocycles. The summed E-state index contributed by atoms with van der Waals surface area (Å²) in [7, 11) is 0. The molecule has 2 unspecified atom stereocenters. The Morgan fingerprint density at radius 3 is 2.50 bits per heavy atom. The molecule has 4 N–H and O–H groups in total. The van der Waals surface area contributed by atoms with E-state index >= 15 is 0 Å². The second kappa shape index (κ2) is 15.7. The van der Waals surface area contributed by atoms with E-state index in [9.17, 15) is 19.5 Å². The minimum atomic E-state index is -1.28. The zero-order valence-corrected chi connectivity index (χ0v) is 27.8. The van der Waals surface area contributed by atoms with Crippen molar-refractivity contribution in [1.82, 2.24) is 20.2 Å². The first kappa shape index (κ1) is 35.3. The Morgan fingerprint density at radius 1 is 1.20 bits per heavy atom. The lowest BCUT2D eigenvalue weighted by atomic mass is 9.84. The number of aromatic nitrogens is 2. The van der Waals surface area contributed by atoms with Crippen molar-refractivity contribution in [1.29, 1.82) is 0 Å². The van der Waals surface area contributed by atoms with E-state index in [4.69, 9.17) is 15.5 Å². The third-order valence-electron chi connectivity index (χ3n) is 9.49. The fraction of sp³-hybridized carbons (Fsp3) is 0.735. The smallest absolute Gasteiger partial charge is 0.405 e. The van der Waals surface area contributed by atoms with Gasteiger partial charge in [-0.1, -0.05) is 87.0 Å². The largest absolute Gasteiger partial charge is 0.485 e. The number of aryl methyl sites for hydroxylation is 1. The summed E-state index contributed by atoms with van der Waals surface area (Å²) in [6.07, 6.45) is 12.9. The number of ether oxygens (including phenoxy) is 1. The van der Waals surface area contributed by atoms with E-state index in [2.05, 4.69) is 17.2 Å². The van der Waals surface area contributed by atoms with E-state index in [0.717, 1.165) is 36.8 Å². The summed E-state index contributed by atoms with van der Waals surface area (Å²) >= 11 is 0. The molecule has 0 radical (unpaired) electrons. The van der Waals surface area contributed by atoms with Crippen LogP contribution in [-0.4, -0.2) is 62.5 Å². The molecule has 0 spiro atoms. The summed E-state index contributed by atoms with van der Waals surface area (Å²) in [4.78, 5) is 49.9. The van der Waals surface area contributed by atoms with E-state index in [1.54, 1.807) is 37.9 Å². The zero-order chi connectivity index (χ0) is 32.6. The number of hydrogen-bond donors (Lipinski definition) is 3. The van der Waals surface area contributed by atoms with Crippen LogP contribution >= 0.6 is 0 Å². The third kappa shape index (κ3) is 8.94. The molecule has 0 bridgehead atoms. The minimum absolute atomic E-state index is 0.0595. The summed E-state index contributed by atoms with van der Waals surface area (Å²) in [6, 6.07) is -1.74. The van der Waals surface area contributed by atoms with Crippen LogP contribution < -0.4 is 15.8 Å². The zero-order valence-electron chi connectivity index (χ0n) is 27.8. The Kier molecular flexibility index (Phi) is 12.6. The second-order valence-corrected chi connectivity index (χ2v) is 14.1. The van der Waals surface area contributed by atoms with E-state index in [1.165, 1.54) is 38.3 Å². The Hall–Kier alpha value is -3.17. The molecule has 0 aromatic carbocycles. The Morgan fingerprint density at radius 2 is 1.93 bits per heavy atom. The van der Waals surface area contributed by atoms with Gasteiger partial charge >= 0.3 is 6.09 Å². The molecule has 246 valence electrons. The van der Waals surface area contributed by atoms with Gasteiger partial charge in [0.05, 0.1) is 24.5 Å². The molecular weight excluding hydrogens is 558 g/mol. The lowest BCUT2D eigenvalue weighted by molar-refractivity contribution is -0.143. The average molecular weight is 614 g/mol. The maximum Gasteiger partial charge on any atom is 0.405 e. The number of carbonyl (C=O) groups is 3. The van der Waals surface area contributed by atoms with E-state index in [0.29, 0.717) is 18.0 Å². The Labute approximate surface area is 263 Å². The average Bonchev–Trinajstić information content (AvgIpc) is 3.53. The number of ketones is 1. The molecule has 1 saturated carbocycles. The van der Waals surface area contributed by atoms with Crippen molar-refractivity contribution >= 4 is 23.9 Å². The highest BCUT2D eigenvalue weighted by Crippen LogP contribution is 2.37. The highest BCUT2D eigenvalue weighted by molar-refractivity contribution is 5.94. The van der Waals surface area contributed by atoms with Gasteiger partial charge in [-0.3, -0.25) is 9.59 Å². The first-order chi connectivity index (χ1) is 20.8. The van der Waals surface area contributed by atoms with Crippen molar-refractivity contribution in [3.05, 3.63) is 23.9 Å². The highest BCUT2D eigenvalue weighted by atomic mass is 16.5. The minimum Gasteiger partial charge on any atom is -0.485 e. The molecule has 6 atom stereocenters. The van der Waals surface area contributed by atoms with Gasteiger partial charge in [-0.2, -0.15) is 0 Å². The van der Waals surface area contributed by atoms with Crippen LogP contribution in [0, 0.1) is 29.1 Å². The van der Waals surface area contributed by atoms with Gasteiger partial charge in [0.25, 0.3) is 0 Å². The quantitative estimate of drug-likeness (QED) is 0.222. The van der Waals surface area contributed by atoms with Crippen molar-refractivity contribution in [2.45, 2.75) is 124 Å². The molecule has 1 aliphatic heterocycles. The van der Waals surface area contributed by atoms with Crippen LogP contribution in [0.2, 0.25) is 0 Å². The third-order valence-corrected chi connectivity index (χ3v) is 9.49. The number of Topliss-reactive ketones (excluding diaryl/α,β-unsaturated/α-hetero) is 1. The normalized spacial score (nSPS) is 24.6. The van der Waals surface area contributed by atoms with Crippen LogP contribution in [0.4, 0.5) is 4.79 Å². The Bertz CT molecular complexity index is 1160. The highest BCUT2D eigenvalue weighted by Gasteiger charge is 2.51. The van der Waals surface area contributed by atoms with Gasteiger partial charge in [0, 0.05) is 11.8 Å². The number of nitrogens with two attached hydrogens (primary N) is 1. The van der Waals surface area contributed by atoms with Gasteiger partial charge in [0.1, 0.15) is 12.1 Å². The van der Waals surface area contributed by atoms with Gasteiger partial charge in [-0.15, -0.1) is 0 Å². The Balaban J connectivity index is 1.84. The number of carboxylic acid groups (broad SMARTS) is 1. The molecular formula is C34H55N5O5. The molecule has 2 fully saturated rings. The second-order valence-electron chi connectivity index (χ2n) is 14.1. The number of unbranched alkanes of at least 4 members (excludes halogenated alkanes) is 2. The number of nitrogens with zero attached hydrogens (tertiary/aromatic N) is 3. The predicted octanol–water partition coefficient (Wildman–Crippen LogP) is 5.84. The number of hydrogen-bond acceptors (Lipinski definition) is 7. The van der Waals surface area contributed by atoms with Crippen LogP contribution in [0.25, 0.3) is 6.08 Å². The van der Waals surface area contributed by atoms with Crippen LogP contribution in [0.15, 0.2) is 12.4 Å². The lowest BCUT2D eigenvalue weighted by Crippen LogP contribution is -2.57. The summed E-state index contributed by atoms with van der Waals surface area (Å²) in [5.74, 6) is 1.67. The van der Waals surface area contributed by atoms with Crippen molar-refractivity contribution in [2.24, 2.45) is 34.8 Å². The standard InChI is InChI=1S/C34H55N5O5/c1-8-24-27(20-39(29(24)30(40)21(2)3)32(41)31(34(5,6)7)38-33(42)43)44-26-19-36-28(17-18-35)37-25(26)16-11-9-10-14-23-15-12-13-22(23)4/h17-19,21-24,27,29,31,38H,8-16,20,35H2,1-7H3,(H,42,43)/t22?,23-,24-,27?,29+,31-/m1/s1. The molecule has 10 nitrogen and oxygen atoms in total. The number of amides is 2. The van der Waals surface area contributed by atoms with Crippen molar-refractivity contribution in [3.8, 4) is 5.75 Å². The number of likely N-dealkylation sites (tertiary alicyclic amines) is 1. The molecule has 1 aromatic heterocycles. The summed E-state index contributed by atoms with van der Waals surface area (Å²) < 4.78 is 6.62. The summed E-state index contributed by atoms with van der Waals surface area (Å²) in [5, 5.41) is 11.9. The molecule has 1 aromatic rings. The molecule has 2 heterocycles. The van der Waals surface area contributed by atoms with Gasteiger partial charge < -0.3 is 25.8 Å². The van der Waals surface area contributed by atoms with E-state index in [-0.39, 0.29) is 24.2 Å². The molecule has 2 amide bonds. The molecule has 1 saturated heterocycles. The first-order valence-corrected chi connectivity index (χ1v) is 16.5. The van der Waals surface area contributed by atoms with E-state index in [1.807, 2.05) is 20.8 Å². The fourth-order valence-electron chi connectivity index (χ4n) is 6.91. The van der Waals surface area contributed by atoms with E-state index < -0.39 is 35.6 Å². The predicted molar refractivity (Wildman–Crippen MR) is 172 cm³/mol. The van der Waals surface area contributed by atoms with Gasteiger partial charge in [-0.25, -0.2) is 14.8 Å². The maximum atomic E-state index is 14.0. The monoisotopic (exact) mass is 613 g/mol. The number of carbonyl (C=O) groups excluding carboxylic acids is 2. The van der Waals surface area contributed by atoms with Crippen molar-refractivity contribution < 1.29 is 24.2 Å². The van der Waals surface area contributed by atoms with Crippen molar-refractivity contribution in [2.75, 3.05) is 6.54 Å². The van der Waals surface area contributed by atoms with Crippen LogP contribution in [0.1, 0.15) is 111 Å².